The summed E-state index contributed by atoms with van der Waals surface area (Å²) < 4.78 is 12.4. The smallest absolute Gasteiger partial charge is 0.102 e. The van der Waals surface area contributed by atoms with Crippen LogP contribution in [0.5, 0.6) is 0 Å². The van der Waals surface area contributed by atoms with Crippen LogP contribution in [-0.2, 0) is 0 Å². The molecule has 0 bridgehead atoms. The lowest BCUT2D eigenvalue weighted by Gasteiger charge is -2.40. The highest BCUT2D eigenvalue weighted by atomic mass is 19.1. The zero-order valence-electron chi connectivity index (χ0n) is 9.01. The van der Waals surface area contributed by atoms with Gasteiger partial charge >= 0.3 is 0 Å². The molecule has 0 radical (unpaired) electrons. The van der Waals surface area contributed by atoms with Crippen molar-refractivity contribution in [1.82, 2.24) is 10.2 Å². The topological polar surface area (TPSA) is 15.3 Å². The average Bonchev–Trinajstić information content (AvgIpc) is 3.02. The molecule has 2 unspecified atom stereocenters. The predicted molar refractivity (Wildman–Crippen MR) is 56.1 cm³/mol. The van der Waals surface area contributed by atoms with Gasteiger partial charge in [-0.1, -0.05) is 6.92 Å². The van der Waals surface area contributed by atoms with E-state index in [-0.39, 0.29) is 6.67 Å². The fourth-order valence-electron chi connectivity index (χ4n) is 2.48. The van der Waals surface area contributed by atoms with E-state index in [0.717, 1.165) is 25.4 Å². The molecule has 0 aromatic heterocycles. The number of nitrogens with one attached hydrogen (secondary N) is 1. The number of hydrogen-bond acceptors (Lipinski definition) is 2. The lowest BCUT2D eigenvalue weighted by atomic mass is 10.0. The number of rotatable bonds is 4. The van der Waals surface area contributed by atoms with Crippen molar-refractivity contribution in [2.75, 3.05) is 26.3 Å². The third kappa shape index (κ3) is 2.26. The molecule has 0 aromatic rings. The fraction of sp³-hybridized carbons (Fsp3) is 1.00. The molecule has 0 amide bonds. The third-order valence-electron chi connectivity index (χ3n) is 3.57. The van der Waals surface area contributed by atoms with Gasteiger partial charge in [0.25, 0.3) is 0 Å². The molecule has 0 aromatic carbocycles. The minimum atomic E-state index is -0.195. The van der Waals surface area contributed by atoms with E-state index >= 15 is 0 Å². The molecule has 1 saturated heterocycles. The predicted octanol–water partition coefficient (Wildman–Crippen LogP) is 1.42. The van der Waals surface area contributed by atoms with Crippen LogP contribution in [0.2, 0.25) is 0 Å². The van der Waals surface area contributed by atoms with Gasteiger partial charge in [-0.25, -0.2) is 4.39 Å². The lowest BCUT2D eigenvalue weighted by molar-refractivity contribution is 0.106. The molecule has 2 aliphatic rings. The van der Waals surface area contributed by atoms with E-state index in [9.17, 15) is 4.39 Å². The minimum absolute atomic E-state index is 0.195. The molecule has 1 saturated carbocycles. The van der Waals surface area contributed by atoms with E-state index in [4.69, 9.17) is 0 Å². The molecule has 1 aliphatic heterocycles. The van der Waals surface area contributed by atoms with E-state index in [1.807, 2.05) is 0 Å². The SMILES string of the molecule is CCC1CN(CCF)C(C2CC2)CN1. The van der Waals surface area contributed by atoms with Gasteiger partial charge in [-0.2, -0.15) is 0 Å². The normalized spacial score (nSPS) is 34.7. The van der Waals surface area contributed by atoms with E-state index in [2.05, 4.69) is 17.1 Å². The van der Waals surface area contributed by atoms with Crippen molar-refractivity contribution in [3.05, 3.63) is 0 Å². The largest absolute Gasteiger partial charge is 0.311 e. The second-order valence-corrected chi connectivity index (χ2v) is 4.60. The maximum atomic E-state index is 12.4. The highest BCUT2D eigenvalue weighted by molar-refractivity contribution is 4.94. The number of alkyl halides is 1. The highest BCUT2D eigenvalue weighted by Gasteiger charge is 2.37. The second-order valence-electron chi connectivity index (χ2n) is 4.60. The first kappa shape index (κ1) is 10.4. The van der Waals surface area contributed by atoms with Gasteiger partial charge < -0.3 is 5.32 Å². The zero-order valence-corrected chi connectivity index (χ0v) is 9.01. The summed E-state index contributed by atoms with van der Waals surface area (Å²) in [6.45, 7) is 4.76. The molecule has 82 valence electrons. The number of nitrogens with zero attached hydrogens (tertiary/aromatic N) is 1. The van der Waals surface area contributed by atoms with Crippen LogP contribution in [0, 0.1) is 5.92 Å². The molecule has 1 aliphatic carbocycles. The molecular formula is C11H21FN2. The van der Waals surface area contributed by atoms with Crippen molar-refractivity contribution in [1.29, 1.82) is 0 Å². The van der Waals surface area contributed by atoms with Gasteiger partial charge in [-0.05, 0) is 25.2 Å². The average molecular weight is 200 g/mol. The van der Waals surface area contributed by atoms with Gasteiger partial charge in [-0.15, -0.1) is 0 Å². The van der Waals surface area contributed by atoms with Crippen LogP contribution in [0.1, 0.15) is 26.2 Å². The Kier molecular flexibility index (Phi) is 3.39. The summed E-state index contributed by atoms with van der Waals surface area (Å²) in [6.07, 6.45) is 3.86. The van der Waals surface area contributed by atoms with Crippen molar-refractivity contribution in [2.24, 2.45) is 5.92 Å². The van der Waals surface area contributed by atoms with E-state index < -0.39 is 0 Å². The molecule has 2 rings (SSSR count). The van der Waals surface area contributed by atoms with Crippen LogP contribution in [0.25, 0.3) is 0 Å². The number of hydrogen-bond donors (Lipinski definition) is 1. The first-order valence-corrected chi connectivity index (χ1v) is 5.88. The van der Waals surface area contributed by atoms with Gasteiger partial charge in [-0.3, -0.25) is 4.90 Å². The van der Waals surface area contributed by atoms with Gasteiger partial charge in [0.15, 0.2) is 0 Å². The number of piperazine rings is 1. The molecule has 2 nitrogen and oxygen atoms in total. The van der Waals surface area contributed by atoms with E-state index in [0.29, 0.717) is 18.6 Å². The van der Waals surface area contributed by atoms with Crippen LogP contribution >= 0.6 is 0 Å². The quantitative estimate of drug-likeness (QED) is 0.738. The molecule has 0 spiro atoms. The molecule has 1 N–H and O–H groups in total. The van der Waals surface area contributed by atoms with Crippen molar-refractivity contribution >= 4 is 0 Å². The molecular weight excluding hydrogens is 179 g/mol. The van der Waals surface area contributed by atoms with Crippen LogP contribution in [-0.4, -0.2) is 43.3 Å². The molecule has 1 heterocycles. The second kappa shape index (κ2) is 4.58. The summed E-state index contributed by atoms with van der Waals surface area (Å²) in [4.78, 5) is 2.36. The monoisotopic (exact) mass is 200 g/mol. The van der Waals surface area contributed by atoms with Crippen LogP contribution in [0.3, 0.4) is 0 Å². The Morgan fingerprint density at radius 2 is 2.21 bits per heavy atom. The van der Waals surface area contributed by atoms with E-state index in [1.165, 1.54) is 12.8 Å². The maximum Gasteiger partial charge on any atom is 0.102 e. The Bertz CT molecular complexity index is 182. The van der Waals surface area contributed by atoms with Crippen LogP contribution in [0.15, 0.2) is 0 Å². The summed E-state index contributed by atoms with van der Waals surface area (Å²) in [7, 11) is 0. The molecule has 2 atom stereocenters. The van der Waals surface area contributed by atoms with Gasteiger partial charge in [0, 0.05) is 31.7 Å². The van der Waals surface area contributed by atoms with E-state index in [1.54, 1.807) is 0 Å². The summed E-state index contributed by atoms with van der Waals surface area (Å²) in [6, 6.07) is 1.20. The van der Waals surface area contributed by atoms with Gasteiger partial charge in [0.2, 0.25) is 0 Å². The summed E-state index contributed by atoms with van der Waals surface area (Å²) in [5, 5.41) is 3.56. The first-order chi connectivity index (χ1) is 6.85. The van der Waals surface area contributed by atoms with Gasteiger partial charge in [0.05, 0.1) is 0 Å². The summed E-state index contributed by atoms with van der Waals surface area (Å²) >= 11 is 0. The summed E-state index contributed by atoms with van der Waals surface area (Å²) in [5.41, 5.74) is 0. The summed E-state index contributed by atoms with van der Waals surface area (Å²) in [5.74, 6) is 0.854. The molecule has 2 fully saturated rings. The Hall–Kier alpha value is -0.150. The van der Waals surface area contributed by atoms with Gasteiger partial charge in [0.1, 0.15) is 6.67 Å². The molecule has 3 heteroatoms. The Balaban J connectivity index is 1.89. The lowest BCUT2D eigenvalue weighted by Crippen LogP contribution is -2.57. The van der Waals surface area contributed by atoms with Crippen LogP contribution < -0.4 is 5.32 Å². The first-order valence-electron chi connectivity index (χ1n) is 5.88. The van der Waals surface area contributed by atoms with Crippen molar-refractivity contribution in [2.45, 2.75) is 38.3 Å². The van der Waals surface area contributed by atoms with Crippen molar-refractivity contribution in [3.8, 4) is 0 Å². The van der Waals surface area contributed by atoms with Crippen LogP contribution in [0.4, 0.5) is 4.39 Å². The van der Waals surface area contributed by atoms with Crippen molar-refractivity contribution in [3.63, 3.8) is 0 Å². The maximum absolute atomic E-state index is 12.4. The third-order valence-corrected chi connectivity index (χ3v) is 3.57. The fourth-order valence-corrected chi connectivity index (χ4v) is 2.48. The molecule has 14 heavy (non-hydrogen) atoms. The Labute approximate surface area is 85.9 Å². The Morgan fingerprint density at radius 3 is 2.79 bits per heavy atom. The minimum Gasteiger partial charge on any atom is -0.311 e. The zero-order chi connectivity index (χ0) is 9.97. The Morgan fingerprint density at radius 1 is 1.43 bits per heavy atom. The standard InChI is InChI=1S/C11H21FN2/c1-2-10-8-14(6-5-12)11(7-13-10)9-3-4-9/h9-11,13H,2-8H2,1H3. The van der Waals surface area contributed by atoms with Crippen molar-refractivity contribution < 1.29 is 4.39 Å². The number of halogens is 1. The highest BCUT2D eigenvalue weighted by Crippen LogP contribution is 2.36.